The van der Waals surface area contributed by atoms with Crippen LogP contribution in [0.5, 0.6) is 0 Å². The highest BCUT2D eigenvalue weighted by atomic mass is 16.1. The van der Waals surface area contributed by atoms with Crippen molar-refractivity contribution in [3.05, 3.63) is 35.9 Å². The molecule has 1 amide bonds. The van der Waals surface area contributed by atoms with Gasteiger partial charge in [0.2, 0.25) is 5.91 Å². The second-order valence-electron chi connectivity index (χ2n) is 8.36. The van der Waals surface area contributed by atoms with Gasteiger partial charge in [-0.25, -0.2) is 0 Å². The quantitative estimate of drug-likeness (QED) is 0.290. The van der Waals surface area contributed by atoms with Gasteiger partial charge in [-0.3, -0.25) is 14.7 Å². The lowest BCUT2D eigenvalue weighted by Crippen LogP contribution is -2.43. The van der Waals surface area contributed by atoms with Crippen LogP contribution in [-0.2, 0) is 11.3 Å². The van der Waals surface area contributed by atoms with Crippen LogP contribution in [0.25, 0.3) is 0 Å². The smallest absolute Gasteiger partial charge is 0.221 e. The monoisotopic (exact) mass is 416 g/mol. The average molecular weight is 417 g/mol. The van der Waals surface area contributed by atoms with Crippen LogP contribution in [0.4, 0.5) is 0 Å². The van der Waals surface area contributed by atoms with Crippen molar-refractivity contribution in [2.24, 2.45) is 16.6 Å². The van der Waals surface area contributed by atoms with Gasteiger partial charge in [0.25, 0.3) is 0 Å². The van der Waals surface area contributed by atoms with Crippen LogP contribution in [0.3, 0.4) is 0 Å². The molecule has 2 rings (SSSR count). The Bertz CT molecular complexity index is 650. The van der Waals surface area contributed by atoms with Crippen LogP contribution < -0.4 is 16.4 Å². The molecule has 168 valence electrons. The Morgan fingerprint density at radius 3 is 2.73 bits per heavy atom. The van der Waals surface area contributed by atoms with Crippen molar-refractivity contribution >= 4 is 11.9 Å². The fourth-order valence-corrected chi connectivity index (χ4v) is 3.87. The lowest BCUT2D eigenvalue weighted by atomic mass is 9.97. The Kier molecular flexibility index (Phi) is 10.7. The summed E-state index contributed by atoms with van der Waals surface area (Å²) in [6.07, 6.45) is 4.05. The zero-order valence-electron chi connectivity index (χ0n) is 18.9. The van der Waals surface area contributed by atoms with E-state index in [2.05, 4.69) is 69.7 Å². The number of nitrogens with two attached hydrogens (primary N) is 1. The number of guanidine groups is 1. The average Bonchev–Trinajstić information content (AvgIpc) is 2.76. The van der Waals surface area contributed by atoms with E-state index in [4.69, 9.17) is 5.73 Å². The van der Waals surface area contributed by atoms with Crippen molar-refractivity contribution in [1.29, 1.82) is 0 Å². The number of nitrogens with zero attached hydrogens (tertiary/aromatic N) is 3. The predicted molar refractivity (Wildman–Crippen MR) is 124 cm³/mol. The first-order valence-electron chi connectivity index (χ1n) is 11.2. The lowest BCUT2D eigenvalue weighted by Gasteiger charge is -2.31. The minimum atomic E-state index is -0.161. The van der Waals surface area contributed by atoms with Crippen LogP contribution in [0, 0.1) is 5.92 Å². The Morgan fingerprint density at radius 2 is 2.03 bits per heavy atom. The standard InChI is InChI=1S/C23H40N6O/c1-19(28(3)17-20-9-5-4-6-10-20)12-14-27-23(25-2)26-13-8-16-29-15-7-11-21(18-29)22(24)30/h4-6,9-10,19,21H,7-8,11-18H2,1-3H3,(H2,24,30)(H2,25,26,27). The van der Waals surface area contributed by atoms with E-state index in [0.29, 0.717) is 6.04 Å². The highest BCUT2D eigenvalue weighted by Crippen LogP contribution is 2.15. The number of primary amides is 1. The molecule has 1 aromatic rings. The summed E-state index contributed by atoms with van der Waals surface area (Å²) in [4.78, 5) is 20.4. The van der Waals surface area contributed by atoms with E-state index in [9.17, 15) is 4.79 Å². The molecular formula is C23H40N6O. The van der Waals surface area contributed by atoms with Gasteiger partial charge < -0.3 is 21.3 Å². The lowest BCUT2D eigenvalue weighted by molar-refractivity contribution is -0.123. The second kappa shape index (κ2) is 13.2. The van der Waals surface area contributed by atoms with Gasteiger partial charge in [0.1, 0.15) is 0 Å². The molecule has 1 heterocycles. The molecule has 0 aliphatic carbocycles. The molecule has 1 saturated heterocycles. The summed E-state index contributed by atoms with van der Waals surface area (Å²) in [5, 5.41) is 6.81. The Hall–Kier alpha value is -2.12. The number of nitrogens with one attached hydrogen (secondary N) is 2. The number of carbonyl (C=O) groups is 1. The van der Waals surface area contributed by atoms with E-state index in [0.717, 1.165) is 70.9 Å². The number of carbonyl (C=O) groups excluding carboxylic acids is 1. The first kappa shape index (κ1) is 24.2. The molecule has 0 saturated carbocycles. The summed E-state index contributed by atoms with van der Waals surface area (Å²) < 4.78 is 0. The molecule has 2 atom stereocenters. The number of aliphatic imine (C=N–C) groups is 1. The highest BCUT2D eigenvalue weighted by Gasteiger charge is 2.23. The minimum absolute atomic E-state index is 0.0168. The largest absolute Gasteiger partial charge is 0.369 e. The summed E-state index contributed by atoms with van der Waals surface area (Å²) in [5.74, 6) is 0.704. The van der Waals surface area contributed by atoms with E-state index in [1.165, 1.54) is 5.56 Å². The Labute approximate surface area is 182 Å². The predicted octanol–water partition coefficient (Wildman–Crippen LogP) is 1.65. The first-order chi connectivity index (χ1) is 14.5. The molecular weight excluding hydrogens is 376 g/mol. The third kappa shape index (κ3) is 8.71. The second-order valence-corrected chi connectivity index (χ2v) is 8.36. The van der Waals surface area contributed by atoms with Crippen LogP contribution in [0.2, 0.25) is 0 Å². The normalized spacial score (nSPS) is 18.9. The zero-order valence-corrected chi connectivity index (χ0v) is 18.9. The number of likely N-dealkylation sites (tertiary alicyclic amines) is 1. The number of hydrogen-bond acceptors (Lipinski definition) is 4. The molecule has 0 bridgehead atoms. The number of hydrogen-bond donors (Lipinski definition) is 3. The van der Waals surface area contributed by atoms with Crippen molar-refractivity contribution < 1.29 is 4.79 Å². The Balaban J connectivity index is 1.58. The van der Waals surface area contributed by atoms with Crippen LogP contribution in [-0.4, -0.2) is 74.5 Å². The van der Waals surface area contributed by atoms with E-state index < -0.39 is 0 Å². The van der Waals surface area contributed by atoms with Crippen molar-refractivity contribution in [3.8, 4) is 0 Å². The molecule has 0 aromatic heterocycles. The van der Waals surface area contributed by atoms with Gasteiger partial charge in [-0.15, -0.1) is 0 Å². The topological polar surface area (TPSA) is 86.0 Å². The van der Waals surface area contributed by atoms with Gasteiger partial charge in [-0.05, 0) is 58.3 Å². The van der Waals surface area contributed by atoms with Gasteiger partial charge >= 0.3 is 0 Å². The fraction of sp³-hybridized carbons (Fsp3) is 0.652. The molecule has 1 fully saturated rings. The summed E-state index contributed by atoms with van der Waals surface area (Å²) >= 11 is 0. The molecule has 0 radical (unpaired) electrons. The van der Waals surface area contributed by atoms with Crippen LogP contribution >= 0.6 is 0 Å². The van der Waals surface area contributed by atoms with Gasteiger partial charge in [0.05, 0.1) is 5.92 Å². The van der Waals surface area contributed by atoms with Crippen molar-refractivity contribution in [2.45, 2.75) is 45.2 Å². The third-order valence-electron chi connectivity index (χ3n) is 5.96. The third-order valence-corrected chi connectivity index (χ3v) is 5.96. The summed E-state index contributed by atoms with van der Waals surface area (Å²) in [6, 6.07) is 11.1. The molecule has 7 heteroatoms. The molecule has 4 N–H and O–H groups in total. The first-order valence-corrected chi connectivity index (χ1v) is 11.2. The maximum atomic E-state index is 11.4. The van der Waals surface area contributed by atoms with E-state index in [-0.39, 0.29) is 11.8 Å². The van der Waals surface area contributed by atoms with Gasteiger partial charge in [0.15, 0.2) is 5.96 Å². The van der Waals surface area contributed by atoms with E-state index >= 15 is 0 Å². The van der Waals surface area contributed by atoms with Crippen molar-refractivity contribution in [1.82, 2.24) is 20.4 Å². The van der Waals surface area contributed by atoms with Crippen molar-refractivity contribution in [2.75, 3.05) is 46.8 Å². The number of rotatable bonds is 11. The molecule has 1 aromatic carbocycles. The summed E-state index contributed by atoms with van der Waals surface area (Å²) in [7, 11) is 3.98. The zero-order chi connectivity index (χ0) is 21.8. The Morgan fingerprint density at radius 1 is 1.30 bits per heavy atom. The van der Waals surface area contributed by atoms with Gasteiger partial charge in [0, 0.05) is 39.3 Å². The highest BCUT2D eigenvalue weighted by molar-refractivity contribution is 5.79. The molecule has 30 heavy (non-hydrogen) atoms. The van der Waals surface area contributed by atoms with E-state index in [1.807, 2.05) is 7.05 Å². The fourth-order valence-electron chi connectivity index (χ4n) is 3.87. The maximum Gasteiger partial charge on any atom is 0.221 e. The number of piperidine rings is 1. The SMILES string of the molecule is CN=C(NCCCN1CCCC(C(N)=O)C1)NCCC(C)N(C)Cc1ccccc1. The molecule has 1 aliphatic rings. The number of amides is 1. The van der Waals surface area contributed by atoms with Crippen LogP contribution in [0.15, 0.2) is 35.3 Å². The van der Waals surface area contributed by atoms with Crippen molar-refractivity contribution in [3.63, 3.8) is 0 Å². The molecule has 2 unspecified atom stereocenters. The molecule has 1 aliphatic heterocycles. The summed E-state index contributed by atoms with van der Waals surface area (Å²) in [6.45, 7) is 7.81. The van der Waals surface area contributed by atoms with Gasteiger partial charge in [-0.2, -0.15) is 0 Å². The van der Waals surface area contributed by atoms with Gasteiger partial charge in [-0.1, -0.05) is 30.3 Å². The minimum Gasteiger partial charge on any atom is -0.369 e. The van der Waals surface area contributed by atoms with Crippen LogP contribution in [0.1, 0.15) is 38.2 Å². The molecule has 7 nitrogen and oxygen atoms in total. The van der Waals surface area contributed by atoms with E-state index in [1.54, 1.807) is 0 Å². The summed E-state index contributed by atoms with van der Waals surface area (Å²) in [5.41, 5.74) is 6.80. The maximum absolute atomic E-state index is 11.4. The number of benzene rings is 1. The molecule has 0 spiro atoms.